The molecule has 32 heavy (non-hydrogen) atoms. The molecule has 1 heterocycles. The summed E-state index contributed by atoms with van der Waals surface area (Å²) in [6.45, 7) is 6.70. The lowest BCUT2D eigenvalue weighted by Gasteiger charge is -2.36. The Kier molecular flexibility index (Phi) is 9.37. The standard InChI is InChI=1S/C25H35N5O2/c1-28(21-22-9-4-2-5-10-22)25(32)27-15-13-24(31)26-14-8-16-29-17-19-30(20-18-29)23-11-6-3-7-12-23/h2-7,9-12H,8,13-21H2,1H3,(H,26,31)(H,27,32). The van der Waals surface area contributed by atoms with Gasteiger partial charge in [0.25, 0.3) is 0 Å². The number of anilines is 1. The second kappa shape index (κ2) is 12.7. The lowest BCUT2D eigenvalue weighted by atomic mass is 10.2. The molecule has 2 aromatic rings. The third-order valence-corrected chi connectivity index (χ3v) is 5.70. The summed E-state index contributed by atoms with van der Waals surface area (Å²) in [5.74, 6) is -0.0232. The van der Waals surface area contributed by atoms with Crippen molar-refractivity contribution in [1.29, 1.82) is 0 Å². The minimum Gasteiger partial charge on any atom is -0.369 e. The summed E-state index contributed by atoms with van der Waals surface area (Å²) < 4.78 is 0. The minimum absolute atomic E-state index is 0.0232. The Balaban J connectivity index is 1.21. The lowest BCUT2D eigenvalue weighted by Crippen LogP contribution is -2.47. The van der Waals surface area contributed by atoms with Gasteiger partial charge in [-0.3, -0.25) is 9.69 Å². The fraction of sp³-hybridized carbons (Fsp3) is 0.440. The van der Waals surface area contributed by atoms with Gasteiger partial charge in [0, 0.05) is 65.0 Å². The average Bonchev–Trinajstić information content (AvgIpc) is 2.83. The fourth-order valence-corrected chi connectivity index (χ4v) is 3.83. The number of benzene rings is 2. The average molecular weight is 438 g/mol. The number of urea groups is 1. The maximum atomic E-state index is 12.2. The molecule has 0 bridgehead atoms. The van der Waals surface area contributed by atoms with Crippen LogP contribution in [0.2, 0.25) is 0 Å². The Bertz CT molecular complexity index is 823. The van der Waals surface area contributed by atoms with E-state index in [0.717, 1.165) is 44.7 Å². The Hall–Kier alpha value is -3.06. The van der Waals surface area contributed by atoms with Crippen molar-refractivity contribution in [2.24, 2.45) is 0 Å². The first-order chi connectivity index (χ1) is 15.6. The van der Waals surface area contributed by atoms with Crippen LogP contribution >= 0.6 is 0 Å². The summed E-state index contributed by atoms with van der Waals surface area (Å²) >= 11 is 0. The third-order valence-electron chi connectivity index (χ3n) is 5.70. The molecule has 3 rings (SSSR count). The smallest absolute Gasteiger partial charge is 0.317 e. The summed E-state index contributed by atoms with van der Waals surface area (Å²) in [7, 11) is 1.75. The predicted octanol–water partition coefficient (Wildman–Crippen LogP) is 2.55. The van der Waals surface area contributed by atoms with Crippen molar-refractivity contribution in [3.63, 3.8) is 0 Å². The predicted molar refractivity (Wildman–Crippen MR) is 129 cm³/mol. The van der Waals surface area contributed by atoms with Gasteiger partial charge in [-0.05, 0) is 30.7 Å². The van der Waals surface area contributed by atoms with E-state index in [4.69, 9.17) is 0 Å². The molecule has 3 amide bonds. The van der Waals surface area contributed by atoms with Crippen molar-refractivity contribution < 1.29 is 9.59 Å². The van der Waals surface area contributed by atoms with E-state index in [1.54, 1.807) is 11.9 Å². The van der Waals surface area contributed by atoms with E-state index in [9.17, 15) is 9.59 Å². The number of nitrogens with one attached hydrogen (secondary N) is 2. The highest BCUT2D eigenvalue weighted by molar-refractivity contribution is 5.78. The monoisotopic (exact) mass is 437 g/mol. The second-order valence-electron chi connectivity index (χ2n) is 8.19. The molecule has 0 radical (unpaired) electrons. The van der Waals surface area contributed by atoms with E-state index in [-0.39, 0.29) is 11.9 Å². The highest BCUT2D eigenvalue weighted by atomic mass is 16.2. The third kappa shape index (κ3) is 7.89. The van der Waals surface area contributed by atoms with E-state index >= 15 is 0 Å². The first-order valence-electron chi connectivity index (χ1n) is 11.4. The number of piperazine rings is 1. The number of amides is 3. The molecular formula is C25H35N5O2. The lowest BCUT2D eigenvalue weighted by molar-refractivity contribution is -0.120. The first-order valence-corrected chi connectivity index (χ1v) is 11.4. The number of hydrogen-bond acceptors (Lipinski definition) is 4. The number of carbonyl (C=O) groups is 2. The van der Waals surface area contributed by atoms with Gasteiger partial charge in [0.05, 0.1) is 0 Å². The van der Waals surface area contributed by atoms with Crippen LogP contribution in [0.3, 0.4) is 0 Å². The van der Waals surface area contributed by atoms with E-state index in [1.165, 1.54) is 5.69 Å². The van der Waals surface area contributed by atoms with E-state index in [1.807, 2.05) is 36.4 Å². The molecule has 1 aliphatic heterocycles. The van der Waals surface area contributed by atoms with Crippen molar-refractivity contribution in [1.82, 2.24) is 20.4 Å². The molecule has 2 N–H and O–H groups in total. The van der Waals surface area contributed by atoms with Crippen LogP contribution in [0.15, 0.2) is 60.7 Å². The molecule has 0 saturated carbocycles. The quantitative estimate of drug-likeness (QED) is 0.561. The molecule has 0 atom stereocenters. The molecular weight excluding hydrogens is 402 g/mol. The zero-order valence-electron chi connectivity index (χ0n) is 19.0. The van der Waals surface area contributed by atoms with Gasteiger partial charge >= 0.3 is 6.03 Å². The molecule has 0 spiro atoms. The van der Waals surface area contributed by atoms with Crippen molar-refractivity contribution in [3.8, 4) is 0 Å². The number of rotatable bonds is 10. The molecule has 7 heteroatoms. The van der Waals surface area contributed by atoms with Crippen molar-refractivity contribution >= 4 is 17.6 Å². The zero-order valence-corrected chi connectivity index (χ0v) is 19.0. The molecule has 0 aliphatic carbocycles. The van der Waals surface area contributed by atoms with Crippen molar-refractivity contribution in [2.45, 2.75) is 19.4 Å². The Morgan fingerprint density at radius 2 is 1.53 bits per heavy atom. The number of nitrogens with zero attached hydrogens (tertiary/aromatic N) is 3. The molecule has 2 aromatic carbocycles. The summed E-state index contributed by atoms with van der Waals surface area (Å²) in [5, 5.41) is 5.77. The van der Waals surface area contributed by atoms with Crippen LogP contribution in [0, 0.1) is 0 Å². The molecule has 1 fully saturated rings. The molecule has 7 nitrogen and oxygen atoms in total. The Labute approximate surface area is 191 Å². The maximum Gasteiger partial charge on any atom is 0.317 e. The SMILES string of the molecule is CN(Cc1ccccc1)C(=O)NCCC(=O)NCCCN1CCN(c2ccccc2)CC1. The summed E-state index contributed by atoms with van der Waals surface area (Å²) in [6, 6.07) is 20.2. The van der Waals surface area contributed by atoms with Gasteiger partial charge in [-0.2, -0.15) is 0 Å². The molecule has 1 saturated heterocycles. The van der Waals surface area contributed by atoms with Crippen LogP contribution in [0.25, 0.3) is 0 Å². The number of para-hydroxylation sites is 1. The summed E-state index contributed by atoms with van der Waals surface area (Å²) in [4.78, 5) is 30.7. The summed E-state index contributed by atoms with van der Waals surface area (Å²) in [6.07, 6.45) is 1.23. The summed E-state index contributed by atoms with van der Waals surface area (Å²) in [5.41, 5.74) is 2.36. The van der Waals surface area contributed by atoms with Gasteiger partial charge in [0.1, 0.15) is 0 Å². The molecule has 172 valence electrons. The Morgan fingerprint density at radius 3 is 2.22 bits per heavy atom. The first kappa shape index (κ1) is 23.6. The highest BCUT2D eigenvalue weighted by Gasteiger charge is 2.16. The maximum absolute atomic E-state index is 12.2. The molecule has 0 unspecified atom stereocenters. The van der Waals surface area contributed by atoms with Gasteiger partial charge < -0.3 is 20.4 Å². The largest absolute Gasteiger partial charge is 0.369 e. The van der Waals surface area contributed by atoms with Gasteiger partial charge in [0.15, 0.2) is 0 Å². The van der Waals surface area contributed by atoms with Crippen LogP contribution < -0.4 is 15.5 Å². The number of hydrogen-bond donors (Lipinski definition) is 2. The Morgan fingerprint density at radius 1 is 0.875 bits per heavy atom. The topological polar surface area (TPSA) is 67.9 Å². The van der Waals surface area contributed by atoms with Crippen LogP contribution in [-0.4, -0.2) is 74.6 Å². The zero-order chi connectivity index (χ0) is 22.6. The van der Waals surface area contributed by atoms with E-state index in [2.05, 4.69) is 44.7 Å². The highest BCUT2D eigenvalue weighted by Crippen LogP contribution is 2.15. The van der Waals surface area contributed by atoms with Crippen molar-refractivity contribution in [3.05, 3.63) is 66.2 Å². The van der Waals surface area contributed by atoms with Gasteiger partial charge in [-0.15, -0.1) is 0 Å². The van der Waals surface area contributed by atoms with Gasteiger partial charge in [-0.1, -0.05) is 48.5 Å². The van der Waals surface area contributed by atoms with E-state index < -0.39 is 0 Å². The van der Waals surface area contributed by atoms with E-state index in [0.29, 0.717) is 26.1 Å². The molecule has 0 aromatic heterocycles. The fourth-order valence-electron chi connectivity index (χ4n) is 3.83. The van der Waals surface area contributed by atoms with Crippen LogP contribution in [-0.2, 0) is 11.3 Å². The normalized spacial score (nSPS) is 14.1. The van der Waals surface area contributed by atoms with Gasteiger partial charge in [-0.25, -0.2) is 4.79 Å². The number of carbonyl (C=O) groups excluding carboxylic acids is 2. The van der Waals surface area contributed by atoms with Gasteiger partial charge in [0.2, 0.25) is 5.91 Å². The second-order valence-corrected chi connectivity index (χ2v) is 8.19. The molecule has 1 aliphatic rings. The minimum atomic E-state index is -0.170. The van der Waals surface area contributed by atoms with Crippen molar-refractivity contribution in [2.75, 3.05) is 57.8 Å². The van der Waals surface area contributed by atoms with Crippen LogP contribution in [0.4, 0.5) is 10.5 Å². The van der Waals surface area contributed by atoms with Crippen LogP contribution in [0.5, 0.6) is 0 Å². The van der Waals surface area contributed by atoms with Crippen LogP contribution in [0.1, 0.15) is 18.4 Å².